The molecule has 37 heavy (non-hydrogen) atoms. The Morgan fingerprint density at radius 3 is 2.16 bits per heavy atom. The molecular formula is C30H36NO6+. The first kappa shape index (κ1) is 24.4. The number of hydrogen-bond donors (Lipinski definition) is 0. The van der Waals surface area contributed by atoms with E-state index in [0.717, 1.165) is 18.9 Å². The van der Waals surface area contributed by atoms with E-state index in [1.165, 1.54) is 43.3 Å². The molecule has 0 aromatic heterocycles. The number of rotatable bonds is 8. The molecule has 4 unspecified atom stereocenters. The zero-order chi connectivity index (χ0) is 25.5. The summed E-state index contributed by atoms with van der Waals surface area (Å²) in [5.74, 6) is -0.469. The van der Waals surface area contributed by atoms with Gasteiger partial charge in [-0.1, -0.05) is 60.7 Å². The van der Waals surface area contributed by atoms with Gasteiger partial charge in [0.2, 0.25) is 5.60 Å². The van der Waals surface area contributed by atoms with Gasteiger partial charge in [0.1, 0.15) is 18.2 Å². The summed E-state index contributed by atoms with van der Waals surface area (Å²) < 4.78 is 23.9. The van der Waals surface area contributed by atoms with E-state index in [2.05, 4.69) is 0 Å². The summed E-state index contributed by atoms with van der Waals surface area (Å²) >= 11 is 0. The van der Waals surface area contributed by atoms with Crippen LogP contribution in [0.1, 0.15) is 56.6 Å². The van der Waals surface area contributed by atoms with Gasteiger partial charge in [0.05, 0.1) is 25.1 Å². The van der Waals surface area contributed by atoms with Crippen molar-refractivity contribution in [3.63, 3.8) is 0 Å². The minimum absolute atomic E-state index is 0.139. The molecule has 7 heteroatoms. The van der Waals surface area contributed by atoms with Crippen molar-refractivity contribution in [3.05, 3.63) is 71.8 Å². The minimum Gasteiger partial charge on any atom is -0.459 e. The van der Waals surface area contributed by atoms with Gasteiger partial charge < -0.3 is 23.4 Å². The van der Waals surface area contributed by atoms with Gasteiger partial charge in [-0.2, -0.15) is 0 Å². The van der Waals surface area contributed by atoms with Crippen molar-refractivity contribution in [2.45, 2.75) is 69.2 Å². The quantitative estimate of drug-likeness (QED) is 0.287. The molecule has 2 spiro atoms. The Morgan fingerprint density at radius 1 is 0.946 bits per heavy atom. The van der Waals surface area contributed by atoms with E-state index in [1.807, 2.05) is 60.7 Å². The standard InChI is InChI=1S/C30H36NO6/c1-2-34-28(33)35-21-36-30(22-11-5-3-6-12-22,23-13-7-4-8-14-23)27(32)37-24-19-26-29(20-24)16-15-25(29)31(26)17-9-10-18-31/h3-8,11-14,24-26H,2,9-10,15-21H2,1H3/q+1. The van der Waals surface area contributed by atoms with Crippen molar-refractivity contribution >= 4 is 12.1 Å². The van der Waals surface area contributed by atoms with Gasteiger partial charge in [-0.3, -0.25) is 0 Å². The second-order valence-electron chi connectivity index (χ2n) is 11.0. The summed E-state index contributed by atoms with van der Waals surface area (Å²) in [5.41, 5.74) is 0.0307. The van der Waals surface area contributed by atoms with Crippen LogP contribution < -0.4 is 0 Å². The maximum Gasteiger partial charge on any atom is 0.510 e. The molecule has 0 bridgehead atoms. The predicted octanol–water partition coefficient (Wildman–Crippen LogP) is 4.92. The first-order chi connectivity index (χ1) is 18.0. The highest BCUT2D eigenvalue weighted by molar-refractivity contribution is 5.86. The Morgan fingerprint density at radius 2 is 1.59 bits per heavy atom. The van der Waals surface area contributed by atoms with Gasteiger partial charge in [0, 0.05) is 32.1 Å². The second-order valence-corrected chi connectivity index (χ2v) is 11.0. The summed E-state index contributed by atoms with van der Waals surface area (Å²) in [7, 11) is 0. The first-order valence-corrected chi connectivity index (χ1v) is 13.7. The maximum atomic E-state index is 14.2. The number of nitrogens with zero attached hydrogens (tertiary/aromatic N) is 1. The van der Waals surface area contributed by atoms with Gasteiger partial charge in [0.25, 0.3) is 0 Å². The van der Waals surface area contributed by atoms with E-state index < -0.39 is 24.5 Å². The van der Waals surface area contributed by atoms with Crippen LogP contribution in [0.25, 0.3) is 0 Å². The fourth-order valence-electron chi connectivity index (χ4n) is 8.20. The highest BCUT2D eigenvalue weighted by Gasteiger charge is 2.80. The van der Waals surface area contributed by atoms with Crippen LogP contribution in [-0.4, -0.2) is 61.3 Å². The zero-order valence-corrected chi connectivity index (χ0v) is 21.5. The van der Waals surface area contributed by atoms with Crippen LogP contribution in [0.3, 0.4) is 0 Å². The van der Waals surface area contributed by atoms with Gasteiger partial charge in [-0.05, 0) is 24.5 Å². The Kier molecular flexibility index (Phi) is 6.24. The average molecular weight is 507 g/mol. The van der Waals surface area contributed by atoms with Gasteiger partial charge in [0.15, 0.2) is 6.79 Å². The van der Waals surface area contributed by atoms with Gasteiger partial charge >= 0.3 is 12.1 Å². The normalized spacial score (nSPS) is 28.9. The van der Waals surface area contributed by atoms with Gasteiger partial charge in [-0.25, -0.2) is 9.59 Å². The highest BCUT2D eigenvalue weighted by atomic mass is 16.8. The molecule has 6 rings (SSSR count). The van der Waals surface area contributed by atoms with E-state index in [1.54, 1.807) is 6.92 Å². The van der Waals surface area contributed by atoms with E-state index in [-0.39, 0.29) is 12.7 Å². The highest BCUT2D eigenvalue weighted by Crippen LogP contribution is 2.70. The summed E-state index contributed by atoms with van der Waals surface area (Å²) in [6.45, 7) is 4.01. The molecule has 2 aliphatic carbocycles. The molecular weight excluding hydrogens is 470 g/mol. The smallest absolute Gasteiger partial charge is 0.459 e. The lowest BCUT2D eigenvalue weighted by Crippen LogP contribution is -2.84. The molecule has 7 nitrogen and oxygen atoms in total. The van der Waals surface area contributed by atoms with Crippen LogP contribution in [0, 0.1) is 5.41 Å². The van der Waals surface area contributed by atoms with Crippen LogP contribution in [0.4, 0.5) is 4.79 Å². The molecule has 2 heterocycles. The average Bonchev–Trinajstić information content (AvgIpc) is 3.54. The number of ether oxygens (including phenoxy) is 4. The van der Waals surface area contributed by atoms with E-state index in [4.69, 9.17) is 18.9 Å². The third-order valence-electron chi connectivity index (χ3n) is 9.58. The first-order valence-electron chi connectivity index (χ1n) is 13.7. The summed E-state index contributed by atoms with van der Waals surface area (Å²) in [5, 5.41) is 0. The molecule has 2 saturated heterocycles. The van der Waals surface area contributed by atoms with Crippen LogP contribution in [0.2, 0.25) is 0 Å². The molecule has 2 saturated carbocycles. The van der Waals surface area contributed by atoms with Crippen molar-refractivity contribution in [3.8, 4) is 0 Å². The predicted molar refractivity (Wildman–Crippen MR) is 135 cm³/mol. The molecule has 0 amide bonds. The number of quaternary nitrogens is 1. The van der Waals surface area contributed by atoms with Crippen molar-refractivity contribution < 1.29 is 33.0 Å². The molecule has 196 valence electrons. The van der Waals surface area contributed by atoms with Crippen LogP contribution in [0.15, 0.2) is 60.7 Å². The summed E-state index contributed by atoms with van der Waals surface area (Å²) in [6, 6.07) is 20.0. The number of benzene rings is 2. The Bertz CT molecular complexity index is 1090. The molecule has 4 atom stereocenters. The van der Waals surface area contributed by atoms with E-state index >= 15 is 0 Å². The number of carbonyl (C=O) groups excluding carboxylic acids is 2. The largest absolute Gasteiger partial charge is 0.510 e. The third kappa shape index (κ3) is 3.69. The number of piperidine rings is 1. The lowest BCUT2D eigenvalue weighted by molar-refractivity contribution is -1.04. The van der Waals surface area contributed by atoms with Crippen LogP contribution >= 0.6 is 0 Å². The monoisotopic (exact) mass is 506 g/mol. The number of fused-ring (bicyclic) bond motifs is 2. The van der Waals surface area contributed by atoms with E-state index in [9.17, 15) is 9.59 Å². The second kappa shape index (κ2) is 9.44. The third-order valence-corrected chi connectivity index (χ3v) is 9.58. The van der Waals surface area contributed by atoms with E-state index in [0.29, 0.717) is 22.6 Å². The lowest BCUT2D eigenvalue weighted by Gasteiger charge is -2.71. The molecule has 0 radical (unpaired) electrons. The topological polar surface area (TPSA) is 71.1 Å². The summed E-state index contributed by atoms with van der Waals surface area (Å²) in [6.07, 6.45) is 6.06. The van der Waals surface area contributed by atoms with Crippen molar-refractivity contribution in [1.29, 1.82) is 0 Å². The molecule has 2 aromatic rings. The minimum atomic E-state index is -1.58. The Labute approximate surface area is 218 Å². The molecule has 0 N–H and O–H groups in total. The molecule has 2 aromatic carbocycles. The van der Waals surface area contributed by atoms with Crippen molar-refractivity contribution in [2.24, 2.45) is 5.41 Å². The summed E-state index contributed by atoms with van der Waals surface area (Å²) in [4.78, 5) is 26.1. The zero-order valence-electron chi connectivity index (χ0n) is 21.5. The Hall–Kier alpha value is -2.90. The lowest BCUT2D eigenvalue weighted by atomic mass is 9.51. The SMILES string of the molecule is CCOC(=O)OCOC(C(=O)OC1CC2C3(CCC3[N+]23CCCC3)C1)(c1ccccc1)c1ccccc1. The number of carbonyl (C=O) groups is 2. The Balaban J connectivity index is 1.29. The molecule has 4 aliphatic rings. The number of esters is 1. The maximum absolute atomic E-state index is 14.2. The van der Waals surface area contributed by atoms with Gasteiger partial charge in [-0.15, -0.1) is 0 Å². The molecule has 4 fully saturated rings. The fourth-order valence-corrected chi connectivity index (χ4v) is 8.20. The van der Waals surface area contributed by atoms with Crippen LogP contribution in [-0.2, 0) is 29.3 Å². The fraction of sp³-hybridized carbons (Fsp3) is 0.533. The van der Waals surface area contributed by atoms with Crippen molar-refractivity contribution in [1.82, 2.24) is 0 Å². The van der Waals surface area contributed by atoms with Crippen LogP contribution in [0.5, 0.6) is 0 Å². The van der Waals surface area contributed by atoms with Crippen molar-refractivity contribution in [2.75, 3.05) is 26.5 Å². The number of hydrogen-bond acceptors (Lipinski definition) is 6. The molecule has 2 aliphatic heterocycles.